The van der Waals surface area contributed by atoms with E-state index >= 15 is 0 Å². The molecule has 4 heteroatoms. The third-order valence-corrected chi connectivity index (χ3v) is 4.37. The summed E-state index contributed by atoms with van der Waals surface area (Å²) in [5, 5.41) is 0. The number of benzene rings is 2. The SMILES string of the molecule is COc1ccc(C(=O)/C=C/c2nc3ccccc3n2CCC(C)C)cc1. The fraction of sp³-hybridized carbons (Fsp3) is 0.273. The largest absolute Gasteiger partial charge is 0.497 e. The van der Waals surface area contributed by atoms with E-state index in [-0.39, 0.29) is 5.78 Å². The van der Waals surface area contributed by atoms with E-state index in [1.165, 1.54) is 0 Å². The fourth-order valence-electron chi connectivity index (χ4n) is 2.85. The van der Waals surface area contributed by atoms with Crippen molar-refractivity contribution in [2.75, 3.05) is 7.11 Å². The Hall–Kier alpha value is -2.88. The minimum atomic E-state index is -0.0462. The third kappa shape index (κ3) is 4.02. The van der Waals surface area contributed by atoms with Gasteiger partial charge in [0.15, 0.2) is 5.78 Å². The summed E-state index contributed by atoms with van der Waals surface area (Å²) in [6, 6.07) is 15.2. The molecule has 0 atom stereocenters. The van der Waals surface area contributed by atoms with Gasteiger partial charge in [0.25, 0.3) is 0 Å². The number of ether oxygens (including phenoxy) is 1. The molecule has 0 N–H and O–H groups in total. The molecule has 3 rings (SSSR count). The number of carbonyl (C=O) groups is 1. The average Bonchev–Trinajstić information content (AvgIpc) is 3.02. The maximum absolute atomic E-state index is 12.4. The van der Waals surface area contributed by atoms with Crippen LogP contribution < -0.4 is 4.74 Å². The van der Waals surface area contributed by atoms with Gasteiger partial charge in [-0.1, -0.05) is 26.0 Å². The molecular weight excluding hydrogens is 324 g/mol. The highest BCUT2D eigenvalue weighted by Gasteiger charge is 2.09. The number of fused-ring (bicyclic) bond motifs is 1. The lowest BCUT2D eigenvalue weighted by Gasteiger charge is -2.09. The number of methoxy groups -OCH3 is 1. The summed E-state index contributed by atoms with van der Waals surface area (Å²) in [6.45, 7) is 5.30. The van der Waals surface area contributed by atoms with Crippen molar-refractivity contribution < 1.29 is 9.53 Å². The maximum Gasteiger partial charge on any atom is 0.185 e. The summed E-state index contributed by atoms with van der Waals surface area (Å²) >= 11 is 0. The number of para-hydroxylation sites is 2. The lowest BCUT2D eigenvalue weighted by atomic mass is 10.1. The summed E-state index contributed by atoms with van der Waals surface area (Å²) in [6.07, 6.45) is 4.47. The summed E-state index contributed by atoms with van der Waals surface area (Å²) < 4.78 is 7.32. The number of carbonyl (C=O) groups excluding carboxylic acids is 1. The molecule has 134 valence electrons. The first-order valence-corrected chi connectivity index (χ1v) is 8.90. The summed E-state index contributed by atoms with van der Waals surface area (Å²) in [5.41, 5.74) is 2.68. The first-order valence-electron chi connectivity index (χ1n) is 8.90. The second-order valence-corrected chi connectivity index (χ2v) is 6.72. The molecule has 1 heterocycles. The maximum atomic E-state index is 12.4. The minimum absolute atomic E-state index is 0.0462. The van der Waals surface area contributed by atoms with Crippen LogP contribution in [0.2, 0.25) is 0 Å². The second-order valence-electron chi connectivity index (χ2n) is 6.72. The van der Waals surface area contributed by atoms with Gasteiger partial charge in [0, 0.05) is 12.1 Å². The fourth-order valence-corrected chi connectivity index (χ4v) is 2.85. The quantitative estimate of drug-likeness (QED) is 0.446. The predicted molar refractivity (Wildman–Crippen MR) is 106 cm³/mol. The van der Waals surface area contributed by atoms with E-state index in [1.54, 1.807) is 37.5 Å². The molecular formula is C22H24N2O2. The van der Waals surface area contributed by atoms with E-state index in [4.69, 9.17) is 4.74 Å². The Morgan fingerprint density at radius 3 is 2.58 bits per heavy atom. The first-order chi connectivity index (χ1) is 12.6. The number of hydrogen-bond acceptors (Lipinski definition) is 3. The summed E-state index contributed by atoms with van der Waals surface area (Å²) in [7, 11) is 1.61. The lowest BCUT2D eigenvalue weighted by molar-refractivity contribution is 0.104. The zero-order valence-electron chi connectivity index (χ0n) is 15.5. The Morgan fingerprint density at radius 2 is 1.88 bits per heavy atom. The Labute approximate surface area is 154 Å². The molecule has 2 aromatic carbocycles. The van der Waals surface area contributed by atoms with Gasteiger partial charge >= 0.3 is 0 Å². The smallest absolute Gasteiger partial charge is 0.185 e. The van der Waals surface area contributed by atoms with E-state index in [9.17, 15) is 4.79 Å². The van der Waals surface area contributed by atoms with Crippen LogP contribution in [0.4, 0.5) is 0 Å². The molecule has 0 unspecified atom stereocenters. The van der Waals surface area contributed by atoms with Gasteiger partial charge in [-0.2, -0.15) is 0 Å². The Balaban J connectivity index is 1.87. The van der Waals surface area contributed by atoms with Crippen molar-refractivity contribution in [3.63, 3.8) is 0 Å². The third-order valence-electron chi connectivity index (χ3n) is 4.37. The van der Waals surface area contributed by atoms with Crippen LogP contribution in [0.5, 0.6) is 5.75 Å². The Kier molecular flexibility index (Phi) is 5.52. The van der Waals surface area contributed by atoms with E-state index in [0.717, 1.165) is 35.6 Å². The number of rotatable bonds is 7. The normalized spacial score (nSPS) is 11.5. The van der Waals surface area contributed by atoms with Crippen molar-refractivity contribution in [3.05, 3.63) is 66.0 Å². The van der Waals surface area contributed by atoms with Gasteiger partial charge < -0.3 is 9.30 Å². The van der Waals surface area contributed by atoms with Crippen LogP contribution in [0.25, 0.3) is 17.1 Å². The zero-order chi connectivity index (χ0) is 18.5. The molecule has 0 fully saturated rings. The van der Waals surface area contributed by atoms with Crippen LogP contribution in [0, 0.1) is 5.92 Å². The molecule has 0 amide bonds. The second kappa shape index (κ2) is 8.00. The topological polar surface area (TPSA) is 44.1 Å². The molecule has 1 aromatic heterocycles. The molecule has 0 saturated carbocycles. The minimum Gasteiger partial charge on any atom is -0.497 e. The highest BCUT2D eigenvalue weighted by atomic mass is 16.5. The molecule has 0 spiro atoms. The Bertz CT molecular complexity index is 921. The first kappa shape index (κ1) is 17.9. The molecule has 0 aliphatic carbocycles. The van der Waals surface area contributed by atoms with Crippen molar-refractivity contribution in [2.24, 2.45) is 5.92 Å². The number of hydrogen-bond donors (Lipinski definition) is 0. The number of aromatic nitrogens is 2. The molecule has 0 aliphatic heterocycles. The van der Waals surface area contributed by atoms with Gasteiger partial charge in [0.2, 0.25) is 0 Å². The van der Waals surface area contributed by atoms with Crippen LogP contribution in [-0.4, -0.2) is 22.4 Å². The van der Waals surface area contributed by atoms with Crippen molar-refractivity contribution >= 4 is 22.9 Å². The lowest BCUT2D eigenvalue weighted by Crippen LogP contribution is -2.04. The van der Waals surface area contributed by atoms with E-state index < -0.39 is 0 Å². The number of allylic oxidation sites excluding steroid dienone is 1. The average molecular weight is 348 g/mol. The van der Waals surface area contributed by atoms with Gasteiger partial charge in [0.05, 0.1) is 18.1 Å². The zero-order valence-corrected chi connectivity index (χ0v) is 15.5. The molecule has 3 aromatic rings. The highest BCUT2D eigenvalue weighted by molar-refractivity contribution is 6.06. The Morgan fingerprint density at radius 1 is 1.15 bits per heavy atom. The van der Waals surface area contributed by atoms with Gasteiger partial charge in [-0.15, -0.1) is 0 Å². The monoisotopic (exact) mass is 348 g/mol. The number of imidazole rings is 1. The molecule has 0 aliphatic rings. The van der Waals surface area contributed by atoms with Crippen LogP contribution >= 0.6 is 0 Å². The summed E-state index contributed by atoms with van der Waals surface area (Å²) in [4.78, 5) is 17.1. The molecule has 4 nitrogen and oxygen atoms in total. The highest BCUT2D eigenvalue weighted by Crippen LogP contribution is 2.19. The number of ketones is 1. The van der Waals surface area contributed by atoms with Gasteiger partial charge in [-0.25, -0.2) is 4.98 Å². The van der Waals surface area contributed by atoms with Crippen LogP contribution in [0.15, 0.2) is 54.6 Å². The number of aryl methyl sites for hydroxylation is 1. The van der Waals surface area contributed by atoms with E-state index in [0.29, 0.717) is 11.5 Å². The van der Waals surface area contributed by atoms with Crippen LogP contribution in [-0.2, 0) is 6.54 Å². The van der Waals surface area contributed by atoms with Gasteiger partial charge in [-0.3, -0.25) is 4.79 Å². The van der Waals surface area contributed by atoms with Crippen molar-refractivity contribution in [1.29, 1.82) is 0 Å². The van der Waals surface area contributed by atoms with Crippen molar-refractivity contribution in [1.82, 2.24) is 9.55 Å². The molecule has 0 bridgehead atoms. The molecule has 0 saturated heterocycles. The van der Waals surface area contributed by atoms with Crippen LogP contribution in [0.1, 0.15) is 36.5 Å². The van der Waals surface area contributed by atoms with E-state index in [1.807, 2.05) is 24.3 Å². The van der Waals surface area contributed by atoms with Gasteiger partial charge in [0.1, 0.15) is 11.6 Å². The van der Waals surface area contributed by atoms with Crippen LogP contribution in [0.3, 0.4) is 0 Å². The standard InChI is InChI=1S/C22H24N2O2/c1-16(2)14-15-24-20-7-5-4-6-19(20)23-22(24)13-12-21(25)17-8-10-18(26-3)11-9-17/h4-13,16H,14-15H2,1-3H3/b13-12+. The van der Waals surface area contributed by atoms with Crippen molar-refractivity contribution in [3.8, 4) is 5.75 Å². The molecule has 26 heavy (non-hydrogen) atoms. The summed E-state index contributed by atoms with van der Waals surface area (Å²) in [5.74, 6) is 2.11. The molecule has 0 radical (unpaired) electrons. The predicted octanol–water partition coefficient (Wildman–Crippen LogP) is 4.99. The van der Waals surface area contributed by atoms with Gasteiger partial charge in [-0.05, 0) is 60.9 Å². The van der Waals surface area contributed by atoms with Crippen molar-refractivity contribution in [2.45, 2.75) is 26.8 Å². The number of nitrogens with zero attached hydrogens (tertiary/aromatic N) is 2. The van der Waals surface area contributed by atoms with E-state index in [2.05, 4.69) is 29.5 Å².